The highest BCUT2D eigenvalue weighted by atomic mass is 16.3. The van der Waals surface area contributed by atoms with Gasteiger partial charge in [0.05, 0.1) is 11.8 Å². The van der Waals surface area contributed by atoms with Crippen molar-refractivity contribution in [3.63, 3.8) is 0 Å². The molecule has 21 heavy (non-hydrogen) atoms. The number of phenolic OH excluding ortho intramolecular Hbond substituents is 1. The fourth-order valence-corrected chi connectivity index (χ4v) is 3.10. The summed E-state index contributed by atoms with van der Waals surface area (Å²) in [5.41, 5.74) is 0.723. The minimum Gasteiger partial charge on any atom is -0.508 e. The highest BCUT2D eigenvalue weighted by molar-refractivity contribution is 6.00. The lowest BCUT2D eigenvalue weighted by atomic mass is 9.74. The molecule has 1 amide bonds. The van der Waals surface area contributed by atoms with Crippen LogP contribution in [0.5, 0.6) is 5.75 Å². The second kappa shape index (κ2) is 6.17. The first-order chi connectivity index (χ1) is 10.0. The minimum absolute atomic E-state index is 0.124. The van der Waals surface area contributed by atoms with Gasteiger partial charge >= 0.3 is 0 Å². The molecule has 2 rings (SSSR count). The van der Waals surface area contributed by atoms with Gasteiger partial charge in [-0.3, -0.25) is 4.79 Å². The molecule has 0 bridgehead atoms. The Morgan fingerprint density at radius 3 is 2.62 bits per heavy atom. The highest BCUT2D eigenvalue weighted by Gasteiger charge is 2.42. The summed E-state index contributed by atoms with van der Waals surface area (Å²) < 4.78 is 0. The third-order valence-electron chi connectivity index (χ3n) is 4.38. The summed E-state index contributed by atoms with van der Waals surface area (Å²) in [6.45, 7) is 4.30. The van der Waals surface area contributed by atoms with E-state index < -0.39 is 5.41 Å². The zero-order valence-corrected chi connectivity index (χ0v) is 12.7. The van der Waals surface area contributed by atoms with E-state index in [-0.39, 0.29) is 11.7 Å². The third-order valence-corrected chi connectivity index (χ3v) is 4.38. The van der Waals surface area contributed by atoms with Crippen LogP contribution in [0, 0.1) is 23.7 Å². The van der Waals surface area contributed by atoms with Crippen molar-refractivity contribution in [1.82, 2.24) is 0 Å². The van der Waals surface area contributed by atoms with Gasteiger partial charge in [0.25, 0.3) is 0 Å². The fourth-order valence-electron chi connectivity index (χ4n) is 3.10. The smallest absolute Gasteiger partial charge is 0.247 e. The van der Waals surface area contributed by atoms with Crippen LogP contribution in [0.1, 0.15) is 44.6 Å². The van der Waals surface area contributed by atoms with Crippen LogP contribution in [0.25, 0.3) is 0 Å². The summed E-state index contributed by atoms with van der Waals surface area (Å²) in [6.07, 6.45) is 4.22. The number of amides is 1. The van der Waals surface area contributed by atoms with Crippen LogP contribution >= 0.6 is 0 Å². The first kappa shape index (κ1) is 15.4. The molecule has 0 radical (unpaired) electrons. The van der Waals surface area contributed by atoms with Gasteiger partial charge < -0.3 is 10.0 Å². The molecule has 0 spiro atoms. The molecule has 0 saturated heterocycles. The Bertz CT molecular complexity index is 569. The molecule has 1 saturated carbocycles. The molecule has 0 aliphatic heterocycles. The molecular weight excluding hydrogens is 264 g/mol. The zero-order valence-electron chi connectivity index (χ0n) is 12.7. The molecule has 112 valence electrons. The van der Waals surface area contributed by atoms with Crippen LogP contribution in [0.4, 0.5) is 5.69 Å². The Morgan fingerprint density at radius 2 is 2.05 bits per heavy atom. The molecule has 1 N–H and O–H groups in total. The maximum atomic E-state index is 13.0. The average Bonchev–Trinajstić information content (AvgIpc) is 2.52. The summed E-state index contributed by atoms with van der Waals surface area (Å²) in [5, 5.41) is 19.3. The van der Waals surface area contributed by atoms with Gasteiger partial charge in [0, 0.05) is 12.6 Å². The largest absolute Gasteiger partial charge is 0.508 e. The summed E-state index contributed by atoms with van der Waals surface area (Å²) in [4.78, 5) is 14.6. The molecule has 4 nitrogen and oxygen atoms in total. The van der Waals surface area contributed by atoms with Gasteiger partial charge in [0.2, 0.25) is 5.91 Å². The first-order valence-corrected chi connectivity index (χ1v) is 7.57. The number of benzene rings is 1. The van der Waals surface area contributed by atoms with Gasteiger partial charge in [0.1, 0.15) is 11.2 Å². The van der Waals surface area contributed by atoms with Crippen LogP contribution < -0.4 is 4.90 Å². The normalized spacial score (nSPS) is 17.0. The molecule has 0 aromatic heterocycles. The lowest BCUT2D eigenvalue weighted by Gasteiger charge is -2.35. The molecule has 1 aliphatic carbocycles. The number of carbonyl (C=O) groups excluding carboxylic acids is 1. The molecule has 0 heterocycles. The number of nitriles is 1. The van der Waals surface area contributed by atoms with Gasteiger partial charge in [-0.15, -0.1) is 0 Å². The topological polar surface area (TPSA) is 64.3 Å². The fraction of sp³-hybridized carbons (Fsp3) is 0.529. The van der Waals surface area contributed by atoms with Gasteiger partial charge in [-0.25, -0.2) is 0 Å². The maximum Gasteiger partial charge on any atom is 0.247 e. The Morgan fingerprint density at radius 1 is 1.38 bits per heavy atom. The monoisotopic (exact) mass is 286 g/mol. The van der Waals surface area contributed by atoms with Gasteiger partial charge in [-0.1, -0.05) is 25.3 Å². The Hall–Kier alpha value is -2.02. The molecular formula is C17H22N2O2. The summed E-state index contributed by atoms with van der Waals surface area (Å²) in [7, 11) is 0. The summed E-state index contributed by atoms with van der Waals surface area (Å²) in [6, 6.07) is 7.29. The lowest BCUT2D eigenvalue weighted by Crippen LogP contribution is -2.44. The number of phenols is 1. The predicted molar refractivity (Wildman–Crippen MR) is 82.0 cm³/mol. The van der Waals surface area contributed by atoms with E-state index >= 15 is 0 Å². The number of hydrogen-bond donors (Lipinski definition) is 1. The number of rotatable bonds is 3. The number of carbonyl (C=O) groups is 1. The Labute approximate surface area is 126 Å². The van der Waals surface area contributed by atoms with Crippen LogP contribution in [-0.4, -0.2) is 17.6 Å². The van der Waals surface area contributed by atoms with Crippen molar-refractivity contribution in [2.45, 2.75) is 46.0 Å². The van der Waals surface area contributed by atoms with Crippen molar-refractivity contribution in [1.29, 1.82) is 5.26 Å². The molecule has 0 unspecified atom stereocenters. The minimum atomic E-state index is -0.897. The molecule has 1 aliphatic rings. The van der Waals surface area contributed by atoms with E-state index in [1.807, 2.05) is 13.8 Å². The second-order valence-corrected chi connectivity index (χ2v) is 5.77. The van der Waals surface area contributed by atoms with Crippen molar-refractivity contribution in [2.24, 2.45) is 5.41 Å². The lowest BCUT2D eigenvalue weighted by molar-refractivity contribution is -0.126. The first-order valence-electron chi connectivity index (χ1n) is 7.57. The third kappa shape index (κ3) is 2.87. The van der Waals surface area contributed by atoms with E-state index in [9.17, 15) is 15.2 Å². The van der Waals surface area contributed by atoms with E-state index in [4.69, 9.17) is 0 Å². The maximum absolute atomic E-state index is 13.0. The van der Waals surface area contributed by atoms with E-state index in [2.05, 4.69) is 6.07 Å². The highest BCUT2D eigenvalue weighted by Crippen LogP contribution is 2.39. The molecule has 4 heteroatoms. The van der Waals surface area contributed by atoms with Crippen LogP contribution in [0.3, 0.4) is 0 Å². The van der Waals surface area contributed by atoms with E-state index in [1.54, 1.807) is 23.1 Å². The van der Waals surface area contributed by atoms with Crippen molar-refractivity contribution >= 4 is 11.6 Å². The predicted octanol–water partition coefficient (Wildman–Crippen LogP) is 3.53. The van der Waals surface area contributed by atoms with Crippen LogP contribution in [0.2, 0.25) is 0 Å². The van der Waals surface area contributed by atoms with Crippen LogP contribution in [0.15, 0.2) is 18.2 Å². The number of nitrogens with zero attached hydrogens (tertiary/aromatic N) is 2. The van der Waals surface area contributed by atoms with E-state index in [0.29, 0.717) is 25.1 Å². The van der Waals surface area contributed by atoms with Crippen molar-refractivity contribution in [2.75, 3.05) is 11.4 Å². The molecule has 0 atom stereocenters. The number of anilines is 1. The quantitative estimate of drug-likeness (QED) is 0.924. The molecule has 1 fully saturated rings. The average molecular weight is 286 g/mol. The van der Waals surface area contributed by atoms with Gasteiger partial charge in [-0.2, -0.15) is 5.26 Å². The number of hydrogen-bond acceptors (Lipinski definition) is 3. The summed E-state index contributed by atoms with van der Waals surface area (Å²) in [5.74, 6) is 0.0115. The van der Waals surface area contributed by atoms with Crippen molar-refractivity contribution in [3.8, 4) is 11.8 Å². The van der Waals surface area contributed by atoms with Gasteiger partial charge in [0.15, 0.2) is 0 Å². The number of aromatic hydroxyl groups is 1. The zero-order chi connectivity index (χ0) is 15.5. The standard InChI is InChI=1S/C17H22N2O2/c1-3-19(15-11-14(20)8-7-13(15)2)16(21)17(12-18)9-5-4-6-10-17/h7-8,11,20H,3-6,9-10H2,1-2H3. The second-order valence-electron chi connectivity index (χ2n) is 5.77. The van der Waals surface area contributed by atoms with Crippen molar-refractivity contribution < 1.29 is 9.90 Å². The van der Waals surface area contributed by atoms with E-state index in [0.717, 1.165) is 24.8 Å². The van der Waals surface area contributed by atoms with Crippen molar-refractivity contribution in [3.05, 3.63) is 23.8 Å². The SMILES string of the molecule is CCN(C(=O)C1(C#N)CCCCC1)c1cc(O)ccc1C. The summed E-state index contributed by atoms with van der Waals surface area (Å²) >= 11 is 0. The molecule has 1 aromatic carbocycles. The van der Waals surface area contributed by atoms with Crippen LogP contribution in [-0.2, 0) is 4.79 Å². The Kier molecular flexibility index (Phi) is 4.52. The number of aryl methyl sites for hydroxylation is 1. The van der Waals surface area contributed by atoms with E-state index in [1.165, 1.54) is 0 Å². The molecule has 1 aromatic rings. The van der Waals surface area contributed by atoms with Gasteiger partial charge in [-0.05, 0) is 38.3 Å². The Balaban J connectivity index is 2.38.